The summed E-state index contributed by atoms with van der Waals surface area (Å²) in [6, 6.07) is 7.12. The molecule has 2 heterocycles. The van der Waals surface area contributed by atoms with Crippen LogP contribution in [0.3, 0.4) is 0 Å². The molecule has 1 fully saturated rings. The first-order valence-electron chi connectivity index (χ1n) is 8.25. The number of hydrogen-bond acceptors (Lipinski definition) is 4. The van der Waals surface area contributed by atoms with Crippen molar-refractivity contribution in [3.63, 3.8) is 0 Å². The fourth-order valence-electron chi connectivity index (χ4n) is 2.89. The summed E-state index contributed by atoms with van der Waals surface area (Å²) in [5, 5.41) is 3.18. The van der Waals surface area contributed by atoms with Crippen LogP contribution in [-0.4, -0.2) is 59.2 Å². The van der Waals surface area contributed by atoms with Crippen molar-refractivity contribution in [1.29, 1.82) is 0 Å². The van der Waals surface area contributed by atoms with Gasteiger partial charge in [-0.3, -0.25) is 0 Å². The van der Waals surface area contributed by atoms with Crippen molar-refractivity contribution in [3.8, 4) is 0 Å². The van der Waals surface area contributed by atoms with E-state index in [1.54, 1.807) is 6.07 Å². The third kappa shape index (κ3) is 4.17. The van der Waals surface area contributed by atoms with E-state index in [4.69, 9.17) is 0 Å². The van der Waals surface area contributed by atoms with Gasteiger partial charge in [0.2, 0.25) is 0 Å². The molecule has 1 aromatic carbocycles. The normalized spacial score (nSPS) is 15.8. The summed E-state index contributed by atoms with van der Waals surface area (Å²) in [6.45, 7) is -1.01. The number of hydrogen-bond donors (Lipinski definition) is 1. The van der Waals surface area contributed by atoms with Crippen LogP contribution in [0.4, 0.5) is 14.5 Å². The topological polar surface area (TPSA) is 65.5 Å². The summed E-state index contributed by atoms with van der Waals surface area (Å²) in [6.07, 6.45) is 1.06. The molecule has 27 heavy (non-hydrogen) atoms. The fraction of sp³-hybridized carbons (Fsp3) is 0.333. The van der Waals surface area contributed by atoms with E-state index < -0.39 is 30.7 Å². The molecule has 2 aromatic rings. The molecule has 1 N–H and O–H groups in total. The minimum atomic E-state index is -2.92. The van der Waals surface area contributed by atoms with Gasteiger partial charge in [-0.1, -0.05) is 0 Å². The van der Waals surface area contributed by atoms with Gasteiger partial charge in [0.15, 0.2) is 0 Å². The molecule has 1 saturated heterocycles. The molecule has 0 spiro atoms. The van der Waals surface area contributed by atoms with Crippen LogP contribution in [0, 0.1) is 0 Å². The molecule has 0 saturated carbocycles. The Morgan fingerprint density at radius 1 is 1.33 bits per heavy atom. The molecule has 0 aliphatic carbocycles. The van der Waals surface area contributed by atoms with Crippen LogP contribution >= 0.6 is 0 Å². The summed E-state index contributed by atoms with van der Waals surface area (Å²) >= 11 is 2.00. The average molecular weight is 411 g/mol. The maximum atomic E-state index is 13.4. The zero-order valence-corrected chi connectivity index (χ0v) is 16.3. The van der Waals surface area contributed by atoms with Crippen molar-refractivity contribution in [2.24, 2.45) is 0 Å². The van der Waals surface area contributed by atoms with Gasteiger partial charge in [-0.15, -0.1) is 0 Å². The Morgan fingerprint density at radius 3 is 2.70 bits per heavy atom. The zero-order chi connectivity index (χ0) is 19.8. The molecule has 2 amide bonds. The first kappa shape index (κ1) is 19.4. The number of nitrogens with one attached hydrogen (secondary N) is 1. The van der Waals surface area contributed by atoms with Crippen LogP contribution in [-0.2, 0) is 21.8 Å². The quantitative estimate of drug-likeness (QED) is 0.830. The number of benzene rings is 1. The van der Waals surface area contributed by atoms with Gasteiger partial charge in [0.1, 0.15) is 0 Å². The van der Waals surface area contributed by atoms with E-state index in [0.29, 0.717) is 16.5 Å². The summed E-state index contributed by atoms with van der Waals surface area (Å²) < 4.78 is 27.1. The van der Waals surface area contributed by atoms with Crippen LogP contribution in [0.1, 0.15) is 16.8 Å². The molecular weight excluding hydrogens is 393 g/mol. The summed E-state index contributed by atoms with van der Waals surface area (Å²) in [7, 11) is 3.78. The minimum absolute atomic E-state index is 0.247. The Kier molecular flexibility index (Phi) is 5.30. The number of carbonyl (C=O) groups is 2. The number of aromatic nitrogens is 1. The van der Waals surface area contributed by atoms with Crippen molar-refractivity contribution >= 4 is 32.8 Å². The number of fused-ring (bicyclic) bond motifs is 1. The Balaban J connectivity index is 1.76. The van der Waals surface area contributed by atoms with E-state index in [0.717, 1.165) is 10.6 Å². The number of amides is 2. The molecule has 6 nitrogen and oxygen atoms in total. The van der Waals surface area contributed by atoms with Gasteiger partial charge in [-0.2, -0.15) is 0 Å². The summed E-state index contributed by atoms with van der Waals surface area (Å²) in [5.74, 6) is -3.94. The maximum absolute atomic E-state index is 13.4. The van der Waals surface area contributed by atoms with E-state index in [2.05, 4.69) is 10.3 Å². The van der Waals surface area contributed by atoms with Crippen molar-refractivity contribution in [1.82, 2.24) is 15.2 Å². The Bertz CT molecular complexity index is 933. The van der Waals surface area contributed by atoms with Crippen molar-refractivity contribution < 1.29 is 35.3 Å². The van der Waals surface area contributed by atoms with Crippen LogP contribution in [0.5, 0.6) is 0 Å². The van der Waals surface area contributed by atoms with Gasteiger partial charge in [0, 0.05) is 0 Å². The number of anilines is 1. The van der Waals surface area contributed by atoms with E-state index >= 15 is 0 Å². The summed E-state index contributed by atoms with van der Waals surface area (Å²) in [5.41, 5.74) is 1.93. The third-order valence-electron chi connectivity index (χ3n) is 4.31. The molecule has 1 aliphatic heterocycles. The molecule has 1 aliphatic rings. The molecule has 141 valence electrons. The van der Waals surface area contributed by atoms with Gasteiger partial charge in [-0.05, 0) is 0 Å². The van der Waals surface area contributed by atoms with E-state index in [1.807, 2.05) is 54.2 Å². The molecule has 1 aromatic heterocycles. The zero-order valence-electron chi connectivity index (χ0n) is 14.9. The number of halogens is 2. The summed E-state index contributed by atoms with van der Waals surface area (Å²) in [4.78, 5) is 32.0. The molecule has 0 radical (unpaired) electrons. The number of rotatable bonds is 4. The Hall–Kier alpha value is -2.32. The molecule has 0 atom stereocenters. The molecule has 0 unspecified atom stereocenters. The van der Waals surface area contributed by atoms with Gasteiger partial charge < -0.3 is 0 Å². The second kappa shape index (κ2) is 7.36. The number of alkyl halides is 2. The van der Waals surface area contributed by atoms with E-state index in [9.17, 15) is 18.4 Å². The number of likely N-dealkylation sites (tertiary alicyclic amines) is 1. The molecule has 0 bridgehead atoms. The third-order valence-corrected chi connectivity index (χ3v) is 4.93. The van der Waals surface area contributed by atoms with Gasteiger partial charge in [0.05, 0.1) is 0 Å². The second-order valence-corrected chi connectivity index (χ2v) is 7.37. The van der Waals surface area contributed by atoms with Gasteiger partial charge in [0.25, 0.3) is 0 Å². The van der Waals surface area contributed by atoms with Gasteiger partial charge in [-0.25, -0.2) is 0 Å². The number of nitrogens with zero attached hydrogens (tertiary/aromatic N) is 3. The Labute approximate surface area is 164 Å². The number of pyridine rings is 1. The first-order chi connectivity index (χ1) is 12.7. The van der Waals surface area contributed by atoms with Crippen LogP contribution in [0.25, 0.3) is 10.9 Å². The van der Waals surface area contributed by atoms with Crippen LogP contribution in [0.2, 0.25) is 0 Å². The molecular formula is C18H18F2N4O2V. The predicted molar refractivity (Wildman–Crippen MR) is 94.7 cm³/mol. The van der Waals surface area contributed by atoms with Gasteiger partial charge >= 0.3 is 164 Å². The van der Waals surface area contributed by atoms with Crippen LogP contribution in [0.15, 0.2) is 30.5 Å². The monoisotopic (exact) mass is 411 g/mol. The van der Waals surface area contributed by atoms with Crippen molar-refractivity contribution in [2.45, 2.75) is 12.3 Å². The van der Waals surface area contributed by atoms with Crippen molar-refractivity contribution in [2.75, 3.05) is 32.1 Å². The van der Waals surface area contributed by atoms with Crippen molar-refractivity contribution in [3.05, 3.63) is 36.0 Å². The predicted octanol–water partition coefficient (Wildman–Crippen LogP) is 1.57. The first-order valence-corrected chi connectivity index (χ1v) is 8.95. The SMILES string of the molecule is CN(C)c1ccc2nccc(C(=O)NCC(=O)N3CC(F)(F)C[C]3=[V])c2c1. The van der Waals surface area contributed by atoms with E-state index in [1.165, 1.54) is 6.20 Å². The molecule has 3 rings (SSSR count). The number of carbonyl (C=O) groups excluding carboxylic acids is 2. The second-order valence-electron chi connectivity index (χ2n) is 6.57. The van der Waals surface area contributed by atoms with E-state index in [-0.39, 0.29) is 10.9 Å². The molecule has 9 heteroatoms. The standard InChI is InChI=1S/C18H18F2N4O2.V/c1-23(2)12-3-4-15-14(9-12)13(5-7-21-15)17(26)22-10-16(25)24-8-6-18(19,20)11-24;/h3-5,7,9H,6,10-11H2,1-2H3,(H,22,26);. The average Bonchev–Trinajstić information content (AvgIpc) is 2.90. The Morgan fingerprint density at radius 2 is 2.07 bits per heavy atom. The fourth-order valence-corrected chi connectivity index (χ4v) is 3.54. The van der Waals surface area contributed by atoms with Crippen LogP contribution < -0.4 is 10.2 Å².